The van der Waals surface area contributed by atoms with Crippen LogP contribution in [0, 0.1) is 10.8 Å². The van der Waals surface area contributed by atoms with Crippen molar-refractivity contribution in [2.75, 3.05) is 26.4 Å². The smallest absolute Gasteiger partial charge is 0.213 e. The van der Waals surface area contributed by atoms with Crippen LogP contribution in [0.3, 0.4) is 0 Å². The molecule has 2 aromatic carbocycles. The van der Waals surface area contributed by atoms with Crippen LogP contribution < -0.4 is 9.47 Å². The van der Waals surface area contributed by atoms with Crippen LogP contribution in [0.5, 0.6) is 11.5 Å². The van der Waals surface area contributed by atoms with Crippen molar-refractivity contribution in [3.8, 4) is 11.5 Å². The van der Waals surface area contributed by atoms with Crippen molar-refractivity contribution in [1.29, 1.82) is 10.8 Å². The summed E-state index contributed by atoms with van der Waals surface area (Å²) in [6, 6.07) is 11.1. The zero-order valence-electron chi connectivity index (χ0n) is 18.5. The van der Waals surface area contributed by atoms with E-state index in [1.165, 1.54) is 0 Å². The molecule has 0 atom stereocenters. The molecule has 0 amide bonds. The minimum Gasteiger partial charge on any atom is -0.492 e. The molecule has 6 nitrogen and oxygen atoms in total. The Morgan fingerprint density at radius 3 is 1.44 bits per heavy atom. The van der Waals surface area contributed by atoms with Gasteiger partial charge in [0.2, 0.25) is 11.8 Å². The Hall–Kier alpha value is -2.06. The minimum atomic E-state index is 0.162. The normalized spacial score (nSPS) is 10.5. The summed E-state index contributed by atoms with van der Waals surface area (Å²) in [5.74, 6) is 1.86. The minimum absolute atomic E-state index is 0.162. The van der Waals surface area contributed by atoms with E-state index in [2.05, 4.69) is 31.9 Å². The Morgan fingerprint density at radius 2 is 1.09 bits per heavy atom. The van der Waals surface area contributed by atoms with E-state index < -0.39 is 0 Å². The van der Waals surface area contributed by atoms with Gasteiger partial charge in [-0.15, -0.1) is 0 Å². The number of hydrogen-bond donors (Lipinski definition) is 2. The molecule has 2 N–H and O–H groups in total. The zero-order chi connectivity index (χ0) is 23.3. The fourth-order valence-electron chi connectivity index (χ4n) is 2.90. The van der Waals surface area contributed by atoms with Crippen LogP contribution in [-0.2, 0) is 9.47 Å². The number of unbranched alkanes of at least 4 members (excludes halogenated alkanes) is 3. The van der Waals surface area contributed by atoms with E-state index >= 15 is 0 Å². The maximum atomic E-state index is 7.84. The number of hydrogen-bond acceptors (Lipinski definition) is 6. The van der Waals surface area contributed by atoms with E-state index in [1.54, 1.807) is 0 Å². The van der Waals surface area contributed by atoms with E-state index in [9.17, 15) is 0 Å². The van der Waals surface area contributed by atoms with Crippen LogP contribution >= 0.6 is 31.9 Å². The second-order valence-electron chi connectivity index (χ2n) is 6.93. The third-order valence-electron chi connectivity index (χ3n) is 4.52. The molecule has 0 unspecified atom stereocenters. The highest BCUT2D eigenvalue weighted by Gasteiger charge is 2.08. The SMILES string of the molecule is CCOC(=N)c1ccc(OCCCCCCOc2ccc(C(=N)OCC)cc2Br)c(Br)c1. The average molecular weight is 570 g/mol. The van der Waals surface area contributed by atoms with Gasteiger partial charge >= 0.3 is 0 Å². The fourth-order valence-corrected chi connectivity index (χ4v) is 3.88. The number of ether oxygens (including phenoxy) is 4. The lowest BCUT2D eigenvalue weighted by Gasteiger charge is -2.11. The molecule has 0 spiro atoms. The molecule has 0 heterocycles. The van der Waals surface area contributed by atoms with Crippen molar-refractivity contribution in [2.45, 2.75) is 39.5 Å². The third-order valence-corrected chi connectivity index (χ3v) is 5.76. The molecule has 0 aliphatic rings. The monoisotopic (exact) mass is 568 g/mol. The van der Waals surface area contributed by atoms with Crippen molar-refractivity contribution >= 4 is 43.7 Å². The largest absolute Gasteiger partial charge is 0.492 e. The first-order chi connectivity index (χ1) is 15.5. The zero-order valence-corrected chi connectivity index (χ0v) is 21.7. The number of benzene rings is 2. The Balaban J connectivity index is 1.63. The first kappa shape index (κ1) is 26.2. The Bertz CT molecular complexity index is 832. The van der Waals surface area contributed by atoms with Crippen molar-refractivity contribution < 1.29 is 18.9 Å². The lowest BCUT2D eigenvalue weighted by molar-refractivity contribution is 0.286. The maximum absolute atomic E-state index is 7.84. The quantitative estimate of drug-likeness (QED) is 0.155. The Morgan fingerprint density at radius 1 is 0.688 bits per heavy atom. The second kappa shape index (κ2) is 14.2. The van der Waals surface area contributed by atoms with Gasteiger partial charge in [0.25, 0.3) is 0 Å². The van der Waals surface area contributed by atoms with Gasteiger partial charge in [0.05, 0.1) is 35.4 Å². The molecular formula is C24H30Br2N2O4. The van der Waals surface area contributed by atoms with Crippen molar-refractivity contribution in [3.63, 3.8) is 0 Å². The van der Waals surface area contributed by atoms with Gasteiger partial charge in [-0.1, -0.05) is 0 Å². The Kier molecular flexibility index (Phi) is 11.6. The molecule has 0 radical (unpaired) electrons. The van der Waals surface area contributed by atoms with Gasteiger partial charge in [-0.3, -0.25) is 10.8 Å². The van der Waals surface area contributed by atoms with Gasteiger partial charge in [0.1, 0.15) is 11.5 Å². The van der Waals surface area contributed by atoms with Gasteiger partial charge < -0.3 is 18.9 Å². The van der Waals surface area contributed by atoms with Crippen molar-refractivity contribution in [1.82, 2.24) is 0 Å². The molecule has 0 aromatic heterocycles. The van der Waals surface area contributed by atoms with Crippen LogP contribution in [0.25, 0.3) is 0 Å². The fraction of sp³-hybridized carbons (Fsp3) is 0.417. The van der Waals surface area contributed by atoms with Gasteiger partial charge in [-0.05, 0) is 108 Å². The summed E-state index contributed by atoms with van der Waals surface area (Å²) in [7, 11) is 0. The molecule has 2 rings (SSSR count). The highest BCUT2D eigenvalue weighted by Crippen LogP contribution is 2.28. The van der Waals surface area contributed by atoms with E-state index in [4.69, 9.17) is 29.8 Å². The highest BCUT2D eigenvalue weighted by atomic mass is 79.9. The summed E-state index contributed by atoms with van der Waals surface area (Å²) in [6.07, 6.45) is 4.03. The van der Waals surface area contributed by atoms with Gasteiger partial charge in [-0.25, -0.2) is 0 Å². The summed E-state index contributed by atoms with van der Waals surface area (Å²) < 4.78 is 23.8. The molecule has 8 heteroatoms. The highest BCUT2D eigenvalue weighted by molar-refractivity contribution is 9.10. The van der Waals surface area contributed by atoms with Crippen molar-refractivity contribution in [2.24, 2.45) is 0 Å². The van der Waals surface area contributed by atoms with Crippen molar-refractivity contribution in [3.05, 3.63) is 56.5 Å². The maximum Gasteiger partial charge on any atom is 0.213 e. The third kappa shape index (κ3) is 8.47. The van der Waals surface area contributed by atoms with E-state index in [-0.39, 0.29) is 11.8 Å². The molecular weight excluding hydrogens is 540 g/mol. The van der Waals surface area contributed by atoms with Gasteiger partial charge in [0, 0.05) is 11.1 Å². The topological polar surface area (TPSA) is 84.6 Å². The van der Waals surface area contributed by atoms with Crippen LogP contribution in [0.15, 0.2) is 45.3 Å². The van der Waals surface area contributed by atoms with Crippen LogP contribution in [0.1, 0.15) is 50.7 Å². The molecule has 0 fully saturated rings. The van der Waals surface area contributed by atoms with Crippen LogP contribution in [0.2, 0.25) is 0 Å². The summed E-state index contributed by atoms with van der Waals surface area (Å²) >= 11 is 7.00. The number of halogens is 2. The van der Waals surface area contributed by atoms with E-state index in [1.807, 2.05) is 50.2 Å². The average Bonchev–Trinajstić information content (AvgIpc) is 2.77. The first-order valence-electron chi connectivity index (χ1n) is 10.7. The summed E-state index contributed by atoms with van der Waals surface area (Å²) in [5, 5.41) is 15.7. The summed E-state index contributed by atoms with van der Waals surface area (Å²) in [5.41, 5.74) is 1.44. The molecule has 0 aliphatic heterocycles. The number of rotatable bonds is 13. The standard InChI is InChI=1S/C24H30Br2N2O4/c1-3-29-23(27)17-9-11-21(19(25)15-17)31-13-7-5-6-8-14-32-22-12-10-18(16-20(22)26)24(28)30-4-2/h9-12,15-16,27-28H,3-8,13-14H2,1-2H3. The lowest BCUT2D eigenvalue weighted by atomic mass is 10.2. The molecule has 0 bridgehead atoms. The summed E-state index contributed by atoms with van der Waals surface area (Å²) in [4.78, 5) is 0. The lowest BCUT2D eigenvalue weighted by Crippen LogP contribution is -2.05. The van der Waals surface area contributed by atoms with Crippen LogP contribution in [0.4, 0.5) is 0 Å². The second-order valence-corrected chi connectivity index (χ2v) is 8.63. The molecule has 2 aromatic rings. The van der Waals surface area contributed by atoms with E-state index in [0.717, 1.165) is 57.3 Å². The van der Waals surface area contributed by atoms with Crippen LogP contribution in [-0.4, -0.2) is 38.2 Å². The van der Waals surface area contributed by atoms with Gasteiger partial charge in [0.15, 0.2) is 0 Å². The first-order valence-corrected chi connectivity index (χ1v) is 12.3. The molecule has 0 aliphatic carbocycles. The predicted molar refractivity (Wildman–Crippen MR) is 135 cm³/mol. The Labute approximate surface area is 206 Å². The molecule has 32 heavy (non-hydrogen) atoms. The van der Waals surface area contributed by atoms with E-state index in [0.29, 0.717) is 26.4 Å². The van der Waals surface area contributed by atoms with Gasteiger partial charge in [-0.2, -0.15) is 0 Å². The molecule has 0 saturated carbocycles. The number of nitrogens with one attached hydrogen (secondary N) is 2. The summed E-state index contributed by atoms with van der Waals surface area (Å²) in [6.45, 7) is 5.95. The molecule has 174 valence electrons. The predicted octanol–water partition coefficient (Wildman–Crippen LogP) is 6.95. The molecule has 0 saturated heterocycles.